The molecular formula is C23H34N2O8S2. The summed E-state index contributed by atoms with van der Waals surface area (Å²) in [6.45, 7) is 0. The van der Waals surface area contributed by atoms with Gasteiger partial charge in [-0.15, -0.1) is 0 Å². The summed E-state index contributed by atoms with van der Waals surface area (Å²) in [7, 11) is -7.23. The van der Waals surface area contributed by atoms with Crippen LogP contribution in [0.4, 0.5) is 0 Å². The highest BCUT2D eigenvalue weighted by Gasteiger charge is 2.57. The third kappa shape index (κ3) is 4.49. The smallest absolute Gasteiger partial charge is 0.267 e. The van der Waals surface area contributed by atoms with Crippen molar-refractivity contribution in [3.63, 3.8) is 0 Å². The van der Waals surface area contributed by atoms with Crippen molar-refractivity contribution >= 4 is 31.9 Å². The Kier molecular flexibility index (Phi) is 6.44. The maximum Gasteiger partial charge on any atom is 0.267 e. The first-order valence-electron chi connectivity index (χ1n) is 12.6. The Hall–Kier alpha value is -1.34. The second-order valence-electron chi connectivity index (χ2n) is 11.1. The molecule has 4 saturated carbocycles. The summed E-state index contributed by atoms with van der Waals surface area (Å²) in [5, 5.41) is 0.781. The number of carbonyl (C=O) groups excluding carboxylic acids is 2. The quantitative estimate of drug-likeness (QED) is 0.454. The second kappa shape index (κ2) is 8.90. The summed E-state index contributed by atoms with van der Waals surface area (Å²) in [5.41, 5.74) is 1.08. The first-order valence-corrected chi connectivity index (χ1v) is 15.6. The summed E-state index contributed by atoms with van der Waals surface area (Å²) in [4.78, 5) is 28.4. The number of hydrogen-bond donors (Lipinski definition) is 3. The molecule has 5 rings (SSSR count). The molecular weight excluding hydrogens is 496 g/mol. The number of hydrogen-bond acceptors (Lipinski definition) is 7. The maximum absolute atomic E-state index is 13.9. The van der Waals surface area contributed by atoms with Crippen LogP contribution in [0.5, 0.6) is 0 Å². The summed E-state index contributed by atoms with van der Waals surface area (Å²) in [6.07, 6.45) is 6.35. The standard InChI is InChI=1S/C23H34N2O8S2/c1-25-19-7-6-18(24-12-8-13(34(28,29)30)10-14(9-12)35(31,32)33)22-21(19)17(11-20(25)26)15-4-2-3-5-16(15)23(22)27/h11-16,18-19,21-22,24H,2-10H2,1H3,(H,28,29,30)(H,31,32,33). The van der Waals surface area contributed by atoms with Gasteiger partial charge in [0.25, 0.3) is 20.2 Å². The Bertz CT molecular complexity index is 1110. The van der Waals surface area contributed by atoms with Crippen molar-refractivity contribution in [2.45, 2.75) is 86.4 Å². The van der Waals surface area contributed by atoms with Crippen molar-refractivity contribution < 1.29 is 35.5 Å². The molecule has 35 heavy (non-hydrogen) atoms. The van der Waals surface area contributed by atoms with E-state index in [1.165, 1.54) is 0 Å². The topological polar surface area (TPSA) is 158 Å². The fraction of sp³-hybridized carbons (Fsp3) is 0.826. The van der Waals surface area contributed by atoms with Crippen molar-refractivity contribution in [3.05, 3.63) is 11.6 Å². The number of amides is 1. The lowest BCUT2D eigenvalue weighted by molar-refractivity contribution is -0.143. The lowest BCUT2D eigenvalue weighted by Crippen LogP contribution is -2.64. The van der Waals surface area contributed by atoms with Crippen LogP contribution in [0.2, 0.25) is 0 Å². The Balaban J connectivity index is 1.46. The normalized spacial score (nSPS) is 42.2. The van der Waals surface area contributed by atoms with Gasteiger partial charge in [0.1, 0.15) is 5.78 Å². The molecule has 0 radical (unpaired) electrons. The predicted octanol–water partition coefficient (Wildman–Crippen LogP) is 1.19. The van der Waals surface area contributed by atoms with Crippen LogP contribution >= 0.6 is 0 Å². The van der Waals surface area contributed by atoms with E-state index in [9.17, 15) is 35.5 Å². The first-order chi connectivity index (χ1) is 16.4. The van der Waals surface area contributed by atoms with Crippen LogP contribution in [0.1, 0.15) is 57.8 Å². The molecule has 0 aromatic carbocycles. The number of ketones is 1. The van der Waals surface area contributed by atoms with Gasteiger partial charge in [0, 0.05) is 49.0 Å². The van der Waals surface area contributed by atoms with Crippen LogP contribution in [0, 0.1) is 23.7 Å². The predicted molar refractivity (Wildman–Crippen MR) is 127 cm³/mol. The molecule has 12 heteroatoms. The van der Waals surface area contributed by atoms with Crippen LogP contribution in [0.3, 0.4) is 0 Å². The van der Waals surface area contributed by atoms with Gasteiger partial charge in [-0.25, -0.2) is 0 Å². The van der Waals surface area contributed by atoms with Gasteiger partial charge >= 0.3 is 0 Å². The molecule has 0 saturated heterocycles. The Labute approximate surface area is 206 Å². The van der Waals surface area contributed by atoms with E-state index >= 15 is 0 Å². The fourth-order valence-electron chi connectivity index (χ4n) is 7.74. The number of likely N-dealkylation sites (N-methyl/N-ethyl adjacent to an activating group) is 1. The number of nitrogens with one attached hydrogen (secondary N) is 1. The van der Waals surface area contributed by atoms with Gasteiger partial charge in [0.2, 0.25) is 5.91 Å². The molecule has 1 amide bonds. The van der Waals surface area contributed by atoms with Crippen LogP contribution < -0.4 is 5.32 Å². The highest BCUT2D eigenvalue weighted by atomic mass is 32.2. The molecule has 0 aromatic heterocycles. The Morgan fingerprint density at radius 3 is 2.06 bits per heavy atom. The minimum atomic E-state index is -4.50. The molecule has 4 fully saturated rings. The summed E-state index contributed by atoms with van der Waals surface area (Å²) in [6, 6.07) is -0.972. The van der Waals surface area contributed by atoms with Crippen LogP contribution in [0.15, 0.2) is 11.6 Å². The number of carbonyl (C=O) groups is 2. The molecule has 8 atom stereocenters. The number of fused-ring (bicyclic) bond motifs is 2. The first kappa shape index (κ1) is 25.3. The Morgan fingerprint density at radius 2 is 1.46 bits per heavy atom. The summed E-state index contributed by atoms with van der Waals surface area (Å²) < 4.78 is 66.8. The van der Waals surface area contributed by atoms with Crippen LogP contribution in [0.25, 0.3) is 0 Å². The van der Waals surface area contributed by atoms with E-state index in [1.807, 2.05) is 0 Å². The molecule has 0 spiro atoms. The van der Waals surface area contributed by atoms with E-state index in [-0.39, 0.29) is 66.7 Å². The Morgan fingerprint density at radius 1 is 0.857 bits per heavy atom. The third-order valence-corrected chi connectivity index (χ3v) is 11.8. The van der Waals surface area contributed by atoms with E-state index in [0.717, 1.165) is 31.3 Å². The van der Waals surface area contributed by atoms with Crippen molar-refractivity contribution in [1.29, 1.82) is 0 Å². The molecule has 3 N–H and O–H groups in total. The van der Waals surface area contributed by atoms with E-state index in [4.69, 9.17) is 0 Å². The summed E-state index contributed by atoms with van der Waals surface area (Å²) >= 11 is 0. The zero-order chi connectivity index (χ0) is 25.3. The van der Waals surface area contributed by atoms with Crippen molar-refractivity contribution in [2.75, 3.05) is 7.05 Å². The molecule has 1 aliphatic heterocycles. The zero-order valence-electron chi connectivity index (χ0n) is 19.7. The van der Waals surface area contributed by atoms with Gasteiger partial charge in [0.05, 0.1) is 10.5 Å². The third-order valence-electron chi connectivity index (χ3n) is 9.33. The van der Waals surface area contributed by atoms with Gasteiger partial charge in [-0.2, -0.15) is 16.8 Å². The van der Waals surface area contributed by atoms with Crippen molar-refractivity contribution in [2.24, 2.45) is 23.7 Å². The number of Topliss-reactive ketones (excluding diaryl/α,β-unsaturated/α-hetero) is 1. The second-order valence-corrected chi connectivity index (χ2v) is 14.5. The lowest BCUT2D eigenvalue weighted by Gasteiger charge is -2.56. The van der Waals surface area contributed by atoms with Gasteiger partial charge in [-0.3, -0.25) is 18.7 Å². The minimum absolute atomic E-state index is 0.00347. The molecule has 0 aromatic rings. The molecule has 0 bridgehead atoms. The van der Waals surface area contributed by atoms with Gasteiger partial charge in [-0.1, -0.05) is 18.4 Å². The average molecular weight is 531 g/mol. The monoisotopic (exact) mass is 530 g/mol. The summed E-state index contributed by atoms with van der Waals surface area (Å²) in [5.74, 6) is -0.351. The SMILES string of the molecule is CN1C(=O)C=C2C3CCCCC3C(=O)C3C(NC4CC(S(=O)(=O)O)CC(S(=O)(=O)O)C4)CCC1C23. The van der Waals surface area contributed by atoms with Crippen molar-refractivity contribution in [3.8, 4) is 0 Å². The molecule has 4 aliphatic carbocycles. The van der Waals surface area contributed by atoms with Gasteiger partial charge in [0.15, 0.2) is 0 Å². The van der Waals surface area contributed by atoms with E-state index in [1.54, 1.807) is 18.0 Å². The van der Waals surface area contributed by atoms with Crippen LogP contribution in [-0.2, 0) is 29.8 Å². The van der Waals surface area contributed by atoms with E-state index < -0.39 is 36.8 Å². The maximum atomic E-state index is 13.9. The number of nitrogens with zero attached hydrogens (tertiary/aromatic N) is 1. The molecule has 196 valence electrons. The largest absolute Gasteiger partial charge is 0.339 e. The molecule has 1 heterocycles. The lowest BCUT2D eigenvalue weighted by atomic mass is 9.53. The van der Waals surface area contributed by atoms with Crippen molar-refractivity contribution in [1.82, 2.24) is 10.2 Å². The average Bonchev–Trinajstić information content (AvgIpc) is 2.79. The minimum Gasteiger partial charge on any atom is -0.339 e. The van der Waals surface area contributed by atoms with Gasteiger partial charge < -0.3 is 10.2 Å². The number of rotatable bonds is 4. The van der Waals surface area contributed by atoms with Gasteiger partial charge in [-0.05, 0) is 50.9 Å². The van der Waals surface area contributed by atoms with E-state index in [0.29, 0.717) is 12.8 Å². The fourth-order valence-corrected chi connectivity index (χ4v) is 9.77. The highest BCUT2D eigenvalue weighted by Crippen LogP contribution is 2.53. The van der Waals surface area contributed by atoms with Crippen LogP contribution in [-0.4, -0.2) is 78.2 Å². The molecule has 10 nitrogen and oxygen atoms in total. The molecule has 8 unspecified atom stereocenters. The highest BCUT2D eigenvalue weighted by molar-refractivity contribution is 7.87. The van der Waals surface area contributed by atoms with E-state index in [2.05, 4.69) is 5.32 Å². The molecule has 5 aliphatic rings. The zero-order valence-corrected chi connectivity index (χ0v) is 21.4.